The van der Waals surface area contributed by atoms with Gasteiger partial charge in [0.05, 0.1) is 5.69 Å². The van der Waals surface area contributed by atoms with E-state index in [1.807, 2.05) is 52.5 Å². The number of halogens is 1. The lowest BCUT2D eigenvalue weighted by molar-refractivity contribution is 0.0158. The van der Waals surface area contributed by atoms with E-state index in [2.05, 4.69) is 48.6 Å². The van der Waals surface area contributed by atoms with Crippen LogP contribution in [0.1, 0.15) is 92.0 Å². The van der Waals surface area contributed by atoms with Crippen molar-refractivity contribution in [3.8, 4) is 0 Å². The van der Waals surface area contributed by atoms with Crippen LogP contribution in [0.5, 0.6) is 0 Å². The molecule has 1 aliphatic rings. The highest BCUT2D eigenvalue weighted by atomic mass is 19.1. The first-order valence-electron chi connectivity index (χ1n) is 14.0. The standard InChI is InChI=1S/C20H32N4O2.C9H11F.C2H6/c1-8-16(9-2)17-15(4)21-13-22-18(17)23-10-11-24(14(3)12-23)19(25)26-20(5,6)7;1-2-4-8-5-3-6-9(10)7-8;1-2/h8,13-14H,9-12H2,1-7H3;3,5-7H,2,4H2,1H3;1-2H3/b16-8-;;. The van der Waals surface area contributed by atoms with Gasteiger partial charge < -0.3 is 14.5 Å². The average Bonchev–Trinajstić information content (AvgIpc) is 2.86. The molecule has 2 heterocycles. The number of hydrogen-bond donors (Lipinski definition) is 0. The van der Waals surface area contributed by atoms with Gasteiger partial charge >= 0.3 is 6.09 Å². The Kier molecular flexibility index (Phi) is 14.0. The molecule has 0 aliphatic carbocycles. The average molecular weight is 529 g/mol. The number of carbonyl (C=O) groups excluding carboxylic acids is 1. The Labute approximate surface area is 230 Å². The summed E-state index contributed by atoms with van der Waals surface area (Å²) < 4.78 is 18.0. The molecule has 1 aromatic carbocycles. The first kappa shape index (κ1) is 33.1. The molecule has 0 saturated carbocycles. The van der Waals surface area contributed by atoms with Crippen molar-refractivity contribution in [1.29, 1.82) is 0 Å². The highest BCUT2D eigenvalue weighted by molar-refractivity contribution is 5.76. The second-order valence-corrected chi connectivity index (χ2v) is 10.2. The number of carbonyl (C=O) groups is 1. The number of piperazine rings is 1. The summed E-state index contributed by atoms with van der Waals surface area (Å²) >= 11 is 0. The Morgan fingerprint density at radius 1 is 1.18 bits per heavy atom. The molecule has 6 nitrogen and oxygen atoms in total. The van der Waals surface area contributed by atoms with Gasteiger partial charge in [-0.1, -0.05) is 52.3 Å². The van der Waals surface area contributed by atoms with Crippen LogP contribution in [0.25, 0.3) is 5.57 Å². The minimum atomic E-state index is -0.479. The topological polar surface area (TPSA) is 58.6 Å². The summed E-state index contributed by atoms with van der Waals surface area (Å²) in [7, 11) is 0. The van der Waals surface area contributed by atoms with Crippen LogP contribution in [-0.4, -0.2) is 52.2 Å². The fourth-order valence-corrected chi connectivity index (χ4v) is 4.32. The van der Waals surface area contributed by atoms with Crippen LogP contribution in [0.15, 0.2) is 36.7 Å². The number of allylic oxidation sites excluding steroid dienone is 2. The molecule has 2 aromatic rings. The van der Waals surface area contributed by atoms with Crippen LogP contribution in [0.3, 0.4) is 0 Å². The van der Waals surface area contributed by atoms with Crippen molar-refractivity contribution in [2.24, 2.45) is 0 Å². The van der Waals surface area contributed by atoms with Crippen LogP contribution in [0.2, 0.25) is 0 Å². The molecule has 1 aliphatic heterocycles. The number of rotatable bonds is 5. The van der Waals surface area contributed by atoms with Gasteiger partial charge in [0.2, 0.25) is 0 Å². The molecule has 3 rings (SSSR count). The van der Waals surface area contributed by atoms with E-state index in [1.54, 1.807) is 18.5 Å². The number of aryl methyl sites for hydroxylation is 2. The molecule has 1 fully saturated rings. The fraction of sp³-hybridized carbons (Fsp3) is 0.581. The molecule has 1 amide bonds. The van der Waals surface area contributed by atoms with Crippen LogP contribution in [0, 0.1) is 12.7 Å². The van der Waals surface area contributed by atoms with Gasteiger partial charge in [0.1, 0.15) is 23.6 Å². The first-order chi connectivity index (χ1) is 18.0. The fourth-order valence-electron chi connectivity index (χ4n) is 4.32. The van der Waals surface area contributed by atoms with Crippen LogP contribution in [0.4, 0.5) is 15.0 Å². The second kappa shape index (κ2) is 16.1. The number of hydrogen-bond acceptors (Lipinski definition) is 5. The zero-order valence-corrected chi connectivity index (χ0v) is 25.3. The molecule has 1 unspecified atom stereocenters. The zero-order valence-electron chi connectivity index (χ0n) is 25.3. The summed E-state index contributed by atoms with van der Waals surface area (Å²) in [4.78, 5) is 25.5. The first-order valence-corrected chi connectivity index (χ1v) is 14.0. The number of nitrogens with zero attached hydrogens (tertiary/aromatic N) is 4. The van der Waals surface area contributed by atoms with E-state index in [4.69, 9.17) is 4.74 Å². The summed E-state index contributed by atoms with van der Waals surface area (Å²) in [6.07, 6.45) is 6.50. The Hall–Kier alpha value is -2.96. The quantitative estimate of drug-likeness (QED) is 0.395. The van der Waals surface area contributed by atoms with Gasteiger partial charge in [-0.15, -0.1) is 0 Å². The molecule has 38 heavy (non-hydrogen) atoms. The Balaban J connectivity index is 0.000000501. The zero-order chi connectivity index (χ0) is 28.9. The predicted octanol–water partition coefficient (Wildman–Crippen LogP) is 7.85. The molecule has 0 N–H and O–H groups in total. The van der Waals surface area contributed by atoms with E-state index in [9.17, 15) is 9.18 Å². The van der Waals surface area contributed by atoms with Gasteiger partial charge in [-0.05, 0) is 77.7 Å². The van der Waals surface area contributed by atoms with E-state index in [0.29, 0.717) is 6.54 Å². The number of benzene rings is 1. The molecular formula is C31H49FN4O2. The van der Waals surface area contributed by atoms with Gasteiger partial charge in [0, 0.05) is 31.2 Å². The molecule has 1 saturated heterocycles. The van der Waals surface area contributed by atoms with Crippen molar-refractivity contribution in [3.63, 3.8) is 0 Å². The van der Waals surface area contributed by atoms with E-state index >= 15 is 0 Å². The second-order valence-electron chi connectivity index (χ2n) is 10.2. The molecular weight excluding hydrogens is 479 g/mol. The van der Waals surface area contributed by atoms with Gasteiger partial charge in [-0.3, -0.25) is 0 Å². The Morgan fingerprint density at radius 2 is 1.87 bits per heavy atom. The van der Waals surface area contributed by atoms with E-state index in [0.717, 1.165) is 55.0 Å². The van der Waals surface area contributed by atoms with Gasteiger partial charge in [-0.25, -0.2) is 19.2 Å². The Morgan fingerprint density at radius 3 is 2.39 bits per heavy atom. The number of amides is 1. The number of anilines is 1. The van der Waals surface area contributed by atoms with Gasteiger partial charge in [0.15, 0.2) is 0 Å². The van der Waals surface area contributed by atoms with Crippen molar-refractivity contribution in [3.05, 3.63) is 59.3 Å². The third kappa shape index (κ3) is 10.1. The SMILES string of the molecule is C/C=C(/CC)c1c(C)ncnc1N1CCN(C(=O)OC(C)(C)C)C(C)C1.CC.CCCc1cccc(F)c1. The molecule has 0 radical (unpaired) electrons. The van der Waals surface area contributed by atoms with Gasteiger partial charge in [-0.2, -0.15) is 0 Å². The summed E-state index contributed by atoms with van der Waals surface area (Å²) in [6.45, 7) is 22.1. The number of ether oxygens (including phenoxy) is 1. The van der Waals surface area contributed by atoms with E-state index < -0.39 is 5.60 Å². The summed E-state index contributed by atoms with van der Waals surface area (Å²) in [5.74, 6) is 0.828. The molecule has 1 aromatic heterocycles. The van der Waals surface area contributed by atoms with Crippen molar-refractivity contribution in [2.75, 3.05) is 24.5 Å². The third-order valence-electron chi connectivity index (χ3n) is 6.05. The lowest BCUT2D eigenvalue weighted by atomic mass is 10.0. The van der Waals surface area contributed by atoms with Crippen LogP contribution >= 0.6 is 0 Å². The maximum absolute atomic E-state index is 12.5. The highest BCUT2D eigenvalue weighted by Crippen LogP contribution is 2.30. The van der Waals surface area contributed by atoms with Crippen molar-refractivity contribution >= 4 is 17.5 Å². The van der Waals surface area contributed by atoms with Gasteiger partial charge in [0.25, 0.3) is 0 Å². The predicted molar refractivity (Wildman–Crippen MR) is 157 cm³/mol. The lowest BCUT2D eigenvalue weighted by Gasteiger charge is -2.41. The van der Waals surface area contributed by atoms with E-state index in [-0.39, 0.29) is 18.0 Å². The highest BCUT2D eigenvalue weighted by Gasteiger charge is 2.32. The monoisotopic (exact) mass is 528 g/mol. The minimum absolute atomic E-state index is 0.0532. The smallest absolute Gasteiger partial charge is 0.410 e. The molecule has 212 valence electrons. The molecule has 7 heteroatoms. The lowest BCUT2D eigenvalue weighted by Crippen LogP contribution is -2.55. The normalized spacial score (nSPS) is 15.7. The number of aromatic nitrogens is 2. The van der Waals surface area contributed by atoms with Crippen molar-refractivity contribution in [2.45, 2.75) is 100 Å². The Bertz CT molecular complexity index is 1030. The summed E-state index contributed by atoms with van der Waals surface area (Å²) in [5.41, 5.74) is 3.97. The summed E-state index contributed by atoms with van der Waals surface area (Å²) in [5, 5.41) is 0. The molecule has 0 spiro atoms. The molecule has 1 atom stereocenters. The van der Waals surface area contributed by atoms with Crippen LogP contribution in [-0.2, 0) is 11.2 Å². The third-order valence-corrected chi connectivity index (χ3v) is 6.05. The van der Waals surface area contributed by atoms with Crippen molar-refractivity contribution < 1.29 is 13.9 Å². The van der Waals surface area contributed by atoms with Crippen molar-refractivity contribution in [1.82, 2.24) is 14.9 Å². The van der Waals surface area contributed by atoms with Crippen LogP contribution < -0.4 is 4.90 Å². The maximum Gasteiger partial charge on any atom is 0.410 e. The minimum Gasteiger partial charge on any atom is -0.444 e. The van der Waals surface area contributed by atoms with E-state index in [1.165, 1.54) is 11.6 Å². The maximum atomic E-state index is 12.5. The summed E-state index contributed by atoms with van der Waals surface area (Å²) in [6, 6.07) is 6.81. The molecule has 0 bridgehead atoms. The largest absolute Gasteiger partial charge is 0.444 e.